The summed E-state index contributed by atoms with van der Waals surface area (Å²) in [5.41, 5.74) is 10.7. The fourth-order valence-electron chi connectivity index (χ4n) is 7.50. The Morgan fingerprint density at radius 3 is 1.26 bits per heavy atom. The van der Waals surface area contributed by atoms with Crippen molar-refractivity contribution in [2.45, 2.75) is 0 Å². The van der Waals surface area contributed by atoms with Gasteiger partial charge >= 0.3 is 0 Å². The van der Waals surface area contributed by atoms with Crippen molar-refractivity contribution in [3.63, 3.8) is 0 Å². The lowest BCUT2D eigenvalue weighted by atomic mass is 9.92. The van der Waals surface area contributed by atoms with Crippen LogP contribution in [-0.2, 0) is 0 Å². The van der Waals surface area contributed by atoms with Crippen LogP contribution in [-0.4, -0.2) is 24.9 Å². The lowest BCUT2D eigenvalue weighted by molar-refractivity contribution is 0.360. The highest BCUT2D eigenvalue weighted by Crippen LogP contribution is 2.50. The molecule has 0 bridgehead atoms. The van der Waals surface area contributed by atoms with Crippen molar-refractivity contribution in [1.82, 2.24) is 24.9 Å². The SMILES string of the molecule is c1ccc(-c2nc(-c3ccccc3)nc(-c3ccc(-c4ccc5c(c4)Oc4cc(-c6ccc7cccnc7c6)c(-c6ccc7cccnc7c6)cc4O5)cc3)n2)cc1. The standard InChI is InChI=1S/C51H31N5O2/c1-3-9-35(10-4-1)49-54-50(36-11-5-2-6-12-36)56-51(55-49)37-19-15-32(16-20-37)38-23-24-45-46(29-38)58-48-31-42(40-22-18-34-14-8-26-53-44(34)28-40)41(30-47(48)57-45)39-21-17-33-13-7-25-52-43(33)27-39/h1-31H. The lowest BCUT2D eigenvalue weighted by Gasteiger charge is -2.24. The maximum atomic E-state index is 6.67. The molecule has 0 radical (unpaired) electrons. The summed E-state index contributed by atoms with van der Waals surface area (Å²) in [7, 11) is 0. The van der Waals surface area contributed by atoms with Gasteiger partial charge in [-0.1, -0.05) is 127 Å². The van der Waals surface area contributed by atoms with Gasteiger partial charge in [-0.15, -0.1) is 0 Å². The van der Waals surface area contributed by atoms with Crippen LogP contribution in [0.25, 0.3) is 89.4 Å². The van der Waals surface area contributed by atoms with Crippen LogP contribution in [0.2, 0.25) is 0 Å². The third kappa shape index (κ3) is 6.17. The fourth-order valence-corrected chi connectivity index (χ4v) is 7.50. The first-order valence-corrected chi connectivity index (χ1v) is 19.0. The molecule has 0 aliphatic carbocycles. The van der Waals surface area contributed by atoms with E-state index < -0.39 is 0 Å². The highest BCUT2D eigenvalue weighted by Gasteiger charge is 2.24. The smallest absolute Gasteiger partial charge is 0.170 e. The van der Waals surface area contributed by atoms with Crippen molar-refractivity contribution in [3.05, 3.63) is 188 Å². The van der Waals surface area contributed by atoms with Gasteiger partial charge in [-0.05, 0) is 81.9 Å². The number of hydrogen-bond donors (Lipinski definition) is 0. The average molecular weight is 746 g/mol. The van der Waals surface area contributed by atoms with Crippen LogP contribution in [0.3, 0.4) is 0 Å². The second kappa shape index (κ2) is 13.9. The molecule has 0 saturated heterocycles. The Kier molecular flexibility index (Phi) is 8.00. The van der Waals surface area contributed by atoms with Crippen LogP contribution in [0.4, 0.5) is 0 Å². The summed E-state index contributed by atoms with van der Waals surface area (Å²) in [6.45, 7) is 0. The summed E-state index contributed by atoms with van der Waals surface area (Å²) < 4.78 is 13.2. The molecule has 1 aliphatic heterocycles. The van der Waals surface area contributed by atoms with Crippen LogP contribution in [0.1, 0.15) is 0 Å². The number of pyridine rings is 2. The number of aromatic nitrogens is 5. The van der Waals surface area contributed by atoms with Gasteiger partial charge in [0, 0.05) is 39.9 Å². The molecule has 0 amide bonds. The molecule has 272 valence electrons. The van der Waals surface area contributed by atoms with E-state index in [0.29, 0.717) is 40.5 Å². The van der Waals surface area contributed by atoms with Crippen LogP contribution < -0.4 is 9.47 Å². The Balaban J connectivity index is 0.943. The van der Waals surface area contributed by atoms with E-state index in [9.17, 15) is 0 Å². The minimum absolute atomic E-state index is 0.607. The van der Waals surface area contributed by atoms with Crippen LogP contribution in [0.15, 0.2) is 188 Å². The minimum atomic E-state index is 0.607. The third-order valence-electron chi connectivity index (χ3n) is 10.5. The fraction of sp³-hybridized carbons (Fsp3) is 0. The number of fused-ring (bicyclic) bond motifs is 4. The second-order valence-corrected chi connectivity index (χ2v) is 14.1. The lowest BCUT2D eigenvalue weighted by Crippen LogP contribution is -2.01. The van der Waals surface area contributed by atoms with Crippen molar-refractivity contribution in [2.24, 2.45) is 0 Å². The van der Waals surface area contributed by atoms with E-state index in [-0.39, 0.29) is 0 Å². The van der Waals surface area contributed by atoms with Crippen LogP contribution in [0.5, 0.6) is 23.0 Å². The molecule has 0 saturated carbocycles. The molecule has 0 unspecified atom stereocenters. The van der Waals surface area contributed by atoms with Crippen molar-refractivity contribution < 1.29 is 9.47 Å². The molecule has 3 aromatic heterocycles. The van der Waals surface area contributed by atoms with Gasteiger partial charge in [0.2, 0.25) is 0 Å². The van der Waals surface area contributed by atoms with Gasteiger partial charge in [0.1, 0.15) is 0 Å². The monoisotopic (exact) mass is 745 g/mol. The van der Waals surface area contributed by atoms with Crippen molar-refractivity contribution in [1.29, 1.82) is 0 Å². The van der Waals surface area contributed by atoms with Crippen LogP contribution in [0, 0.1) is 0 Å². The number of nitrogens with zero attached hydrogens (tertiary/aromatic N) is 5. The van der Waals surface area contributed by atoms with E-state index >= 15 is 0 Å². The average Bonchev–Trinajstić information content (AvgIpc) is 3.30. The molecule has 0 atom stereocenters. The number of benzene rings is 7. The predicted molar refractivity (Wildman–Crippen MR) is 230 cm³/mol. The van der Waals surface area contributed by atoms with Gasteiger partial charge in [-0.25, -0.2) is 15.0 Å². The molecule has 7 heteroatoms. The molecule has 0 spiro atoms. The van der Waals surface area contributed by atoms with Crippen LogP contribution >= 0.6 is 0 Å². The second-order valence-electron chi connectivity index (χ2n) is 14.1. The Morgan fingerprint density at radius 2 is 0.724 bits per heavy atom. The molecule has 0 N–H and O–H groups in total. The number of hydrogen-bond acceptors (Lipinski definition) is 7. The van der Waals surface area contributed by atoms with Gasteiger partial charge < -0.3 is 9.47 Å². The molecular formula is C51H31N5O2. The van der Waals surface area contributed by atoms with Crippen molar-refractivity contribution in [3.8, 4) is 90.5 Å². The third-order valence-corrected chi connectivity index (χ3v) is 10.5. The molecular weight excluding hydrogens is 715 g/mol. The first-order valence-electron chi connectivity index (χ1n) is 19.0. The zero-order valence-corrected chi connectivity index (χ0v) is 31.0. The maximum absolute atomic E-state index is 6.67. The van der Waals surface area contributed by atoms with E-state index in [0.717, 1.165) is 71.9 Å². The molecule has 4 heterocycles. The van der Waals surface area contributed by atoms with Gasteiger partial charge in [-0.2, -0.15) is 0 Å². The number of ether oxygens (including phenoxy) is 2. The Labute approximate surface area is 334 Å². The molecule has 1 aliphatic rings. The van der Waals surface area contributed by atoms with Gasteiger partial charge in [-0.3, -0.25) is 9.97 Å². The van der Waals surface area contributed by atoms with E-state index in [1.54, 1.807) is 0 Å². The van der Waals surface area contributed by atoms with Gasteiger partial charge in [0.25, 0.3) is 0 Å². The maximum Gasteiger partial charge on any atom is 0.170 e. The molecule has 58 heavy (non-hydrogen) atoms. The topological polar surface area (TPSA) is 82.9 Å². The van der Waals surface area contributed by atoms with Crippen molar-refractivity contribution >= 4 is 21.8 Å². The minimum Gasteiger partial charge on any atom is -0.449 e. The van der Waals surface area contributed by atoms with Gasteiger partial charge in [0.15, 0.2) is 40.5 Å². The normalized spacial score (nSPS) is 11.7. The summed E-state index contributed by atoms with van der Waals surface area (Å²) in [6.07, 6.45) is 3.65. The van der Waals surface area contributed by atoms with E-state index in [4.69, 9.17) is 24.4 Å². The Hall–Kier alpha value is -8.03. The van der Waals surface area contributed by atoms with E-state index in [1.807, 2.05) is 97.3 Å². The van der Waals surface area contributed by atoms with Crippen molar-refractivity contribution in [2.75, 3.05) is 0 Å². The van der Waals surface area contributed by atoms with Gasteiger partial charge in [0.05, 0.1) is 11.0 Å². The largest absolute Gasteiger partial charge is 0.449 e. The zero-order valence-electron chi connectivity index (χ0n) is 31.0. The predicted octanol–water partition coefficient (Wildman–Crippen LogP) is 12.9. The highest BCUT2D eigenvalue weighted by molar-refractivity contribution is 5.94. The Bertz CT molecular complexity index is 3110. The Morgan fingerprint density at radius 1 is 0.293 bits per heavy atom. The summed E-state index contributed by atoms with van der Waals surface area (Å²) in [5, 5.41) is 2.16. The molecule has 11 rings (SSSR count). The van der Waals surface area contributed by atoms with E-state index in [1.165, 1.54) is 0 Å². The molecule has 0 fully saturated rings. The molecule has 7 aromatic carbocycles. The number of rotatable bonds is 6. The summed E-state index contributed by atoms with van der Waals surface area (Å²) in [4.78, 5) is 23.9. The molecule has 10 aromatic rings. The first kappa shape index (κ1) is 33.3. The summed E-state index contributed by atoms with van der Waals surface area (Å²) in [5.74, 6) is 4.43. The quantitative estimate of drug-likeness (QED) is 0.168. The first-order chi connectivity index (χ1) is 28.7. The summed E-state index contributed by atoms with van der Waals surface area (Å²) in [6, 6.07) is 59.3. The molecule has 7 nitrogen and oxygen atoms in total. The zero-order chi connectivity index (χ0) is 38.4. The highest BCUT2D eigenvalue weighted by atomic mass is 16.6. The summed E-state index contributed by atoms with van der Waals surface area (Å²) >= 11 is 0. The van der Waals surface area contributed by atoms with E-state index in [2.05, 4.69) is 101 Å².